The molecule has 19 heavy (non-hydrogen) atoms. The van der Waals surface area contributed by atoms with E-state index in [0.29, 0.717) is 0 Å². The summed E-state index contributed by atoms with van der Waals surface area (Å²) in [6, 6.07) is 10.3. The molecular weight excluding hydrogens is 238 g/mol. The summed E-state index contributed by atoms with van der Waals surface area (Å²) < 4.78 is 1.85. The van der Waals surface area contributed by atoms with Crippen LogP contribution in [0.3, 0.4) is 0 Å². The minimum Gasteiger partial charge on any atom is -0.323 e. The van der Waals surface area contributed by atoms with Crippen molar-refractivity contribution in [3.05, 3.63) is 48.3 Å². The molecule has 2 rings (SSSR count). The summed E-state index contributed by atoms with van der Waals surface area (Å²) in [6.45, 7) is 4.55. The van der Waals surface area contributed by atoms with E-state index in [1.54, 1.807) is 6.20 Å². The molecule has 1 aromatic carbocycles. The highest BCUT2D eigenvalue weighted by atomic mass is 16.1. The Balaban J connectivity index is 1.89. The normalized spacial score (nSPS) is 10.7. The number of nitrogens with zero attached hydrogens (tertiary/aromatic N) is 2. The van der Waals surface area contributed by atoms with Gasteiger partial charge < -0.3 is 5.32 Å². The van der Waals surface area contributed by atoms with Gasteiger partial charge in [0.05, 0.1) is 11.9 Å². The van der Waals surface area contributed by atoms with Gasteiger partial charge in [-0.15, -0.1) is 0 Å². The van der Waals surface area contributed by atoms with E-state index in [9.17, 15) is 4.79 Å². The topological polar surface area (TPSA) is 46.9 Å². The molecule has 0 saturated heterocycles. The lowest BCUT2D eigenvalue weighted by Gasteiger charge is -2.04. The standard InChI is InChI=1S/C15H19N3O/c1-12(2)15(19)17-14-10-16-18(11-14)9-8-13-6-4-3-5-7-13/h3-7,10-12H,8-9H2,1-2H3,(H,17,19). The third-order valence-corrected chi connectivity index (χ3v) is 2.90. The van der Waals surface area contributed by atoms with Gasteiger partial charge in [0, 0.05) is 18.7 Å². The highest BCUT2D eigenvalue weighted by Crippen LogP contribution is 2.08. The van der Waals surface area contributed by atoms with E-state index in [-0.39, 0.29) is 11.8 Å². The smallest absolute Gasteiger partial charge is 0.227 e. The predicted octanol–water partition coefficient (Wildman–Crippen LogP) is 2.72. The number of aryl methyl sites for hydroxylation is 2. The third-order valence-electron chi connectivity index (χ3n) is 2.90. The van der Waals surface area contributed by atoms with Gasteiger partial charge >= 0.3 is 0 Å². The molecule has 0 spiro atoms. The number of hydrogen-bond acceptors (Lipinski definition) is 2. The van der Waals surface area contributed by atoms with Crippen molar-refractivity contribution in [3.63, 3.8) is 0 Å². The second-order valence-electron chi connectivity index (χ2n) is 4.87. The summed E-state index contributed by atoms with van der Waals surface area (Å²) >= 11 is 0. The zero-order chi connectivity index (χ0) is 13.7. The Morgan fingerprint density at radius 1 is 1.32 bits per heavy atom. The molecule has 0 aliphatic carbocycles. The summed E-state index contributed by atoms with van der Waals surface area (Å²) in [5.74, 6) is -0.00437. The molecule has 1 aromatic heterocycles. The first-order valence-corrected chi connectivity index (χ1v) is 6.52. The minimum absolute atomic E-state index is 0.0163. The molecule has 4 nitrogen and oxygen atoms in total. The molecule has 0 saturated carbocycles. The van der Waals surface area contributed by atoms with Crippen molar-refractivity contribution in [2.75, 3.05) is 5.32 Å². The molecule has 0 aliphatic rings. The van der Waals surface area contributed by atoms with Crippen LogP contribution in [0, 0.1) is 5.92 Å². The number of amides is 1. The van der Waals surface area contributed by atoms with Crippen LogP contribution in [0.15, 0.2) is 42.7 Å². The summed E-state index contributed by atoms with van der Waals surface area (Å²) in [5, 5.41) is 7.08. The number of carbonyl (C=O) groups is 1. The van der Waals surface area contributed by atoms with Gasteiger partial charge in [0.2, 0.25) is 5.91 Å². The number of carbonyl (C=O) groups excluding carboxylic acids is 1. The van der Waals surface area contributed by atoms with E-state index in [0.717, 1.165) is 18.7 Å². The quantitative estimate of drug-likeness (QED) is 0.895. The van der Waals surface area contributed by atoms with Gasteiger partial charge in [-0.25, -0.2) is 0 Å². The van der Waals surface area contributed by atoms with Crippen LogP contribution in [0.1, 0.15) is 19.4 Å². The summed E-state index contributed by atoms with van der Waals surface area (Å²) in [5.41, 5.74) is 2.04. The van der Waals surface area contributed by atoms with Gasteiger partial charge in [0.1, 0.15) is 0 Å². The maximum Gasteiger partial charge on any atom is 0.227 e. The van der Waals surface area contributed by atoms with Gasteiger partial charge in [-0.2, -0.15) is 5.10 Å². The highest BCUT2D eigenvalue weighted by molar-refractivity contribution is 5.91. The molecule has 1 heterocycles. The van der Waals surface area contributed by atoms with E-state index in [1.807, 2.05) is 42.9 Å². The van der Waals surface area contributed by atoms with Crippen molar-refractivity contribution in [1.29, 1.82) is 0 Å². The van der Waals surface area contributed by atoms with Crippen LogP contribution in [0.25, 0.3) is 0 Å². The lowest BCUT2D eigenvalue weighted by molar-refractivity contribution is -0.118. The SMILES string of the molecule is CC(C)C(=O)Nc1cnn(CCc2ccccc2)c1. The Kier molecular flexibility index (Phi) is 4.34. The zero-order valence-electron chi connectivity index (χ0n) is 11.3. The molecule has 0 fully saturated rings. The predicted molar refractivity (Wildman–Crippen MR) is 75.8 cm³/mol. The van der Waals surface area contributed by atoms with Crippen molar-refractivity contribution in [3.8, 4) is 0 Å². The third kappa shape index (κ3) is 3.95. The molecule has 1 amide bonds. The molecule has 0 radical (unpaired) electrons. The molecule has 2 aromatic rings. The number of rotatable bonds is 5. The monoisotopic (exact) mass is 257 g/mol. The van der Waals surface area contributed by atoms with E-state index < -0.39 is 0 Å². The van der Waals surface area contributed by atoms with Crippen molar-refractivity contribution in [2.24, 2.45) is 5.92 Å². The molecule has 4 heteroatoms. The average Bonchev–Trinajstić information content (AvgIpc) is 2.85. The average molecular weight is 257 g/mol. The molecule has 100 valence electrons. The number of hydrogen-bond donors (Lipinski definition) is 1. The van der Waals surface area contributed by atoms with Gasteiger partial charge in [0.15, 0.2) is 0 Å². The van der Waals surface area contributed by atoms with Crippen molar-refractivity contribution >= 4 is 11.6 Å². The van der Waals surface area contributed by atoms with E-state index >= 15 is 0 Å². The molecule has 0 unspecified atom stereocenters. The highest BCUT2D eigenvalue weighted by Gasteiger charge is 2.08. The molecular formula is C15H19N3O. The van der Waals surface area contributed by atoms with Gasteiger partial charge in [-0.1, -0.05) is 44.2 Å². The minimum atomic E-state index is -0.0207. The Bertz CT molecular complexity index is 531. The Labute approximate surface area is 113 Å². The number of benzene rings is 1. The Morgan fingerprint density at radius 2 is 2.05 bits per heavy atom. The van der Waals surface area contributed by atoms with Crippen molar-refractivity contribution in [2.45, 2.75) is 26.8 Å². The second-order valence-corrected chi connectivity index (χ2v) is 4.87. The van der Waals surface area contributed by atoms with Crippen LogP contribution in [-0.4, -0.2) is 15.7 Å². The number of nitrogens with one attached hydrogen (secondary N) is 1. The van der Waals surface area contributed by atoms with Gasteiger partial charge in [0.25, 0.3) is 0 Å². The maximum absolute atomic E-state index is 11.6. The van der Waals surface area contributed by atoms with E-state index in [4.69, 9.17) is 0 Å². The largest absolute Gasteiger partial charge is 0.323 e. The van der Waals surface area contributed by atoms with Crippen LogP contribution in [0.4, 0.5) is 5.69 Å². The molecule has 0 atom stereocenters. The van der Waals surface area contributed by atoms with E-state index in [2.05, 4.69) is 22.5 Å². The molecule has 1 N–H and O–H groups in total. The van der Waals surface area contributed by atoms with Crippen LogP contribution in [0.5, 0.6) is 0 Å². The number of aromatic nitrogens is 2. The van der Waals surface area contributed by atoms with Crippen LogP contribution >= 0.6 is 0 Å². The summed E-state index contributed by atoms with van der Waals surface area (Å²) in [4.78, 5) is 11.6. The summed E-state index contributed by atoms with van der Waals surface area (Å²) in [6.07, 6.45) is 4.48. The molecule has 0 aliphatic heterocycles. The van der Waals surface area contributed by atoms with Crippen LogP contribution < -0.4 is 5.32 Å². The van der Waals surface area contributed by atoms with Gasteiger partial charge in [-0.05, 0) is 12.0 Å². The fraction of sp³-hybridized carbons (Fsp3) is 0.333. The Hall–Kier alpha value is -2.10. The lowest BCUT2D eigenvalue weighted by atomic mass is 10.1. The second kappa shape index (κ2) is 6.18. The summed E-state index contributed by atoms with van der Waals surface area (Å²) in [7, 11) is 0. The number of anilines is 1. The van der Waals surface area contributed by atoms with Crippen molar-refractivity contribution < 1.29 is 4.79 Å². The zero-order valence-corrected chi connectivity index (χ0v) is 11.3. The lowest BCUT2D eigenvalue weighted by Crippen LogP contribution is -2.17. The fourth-order valence-electron chi connectivity index (χ4n) is 1.73. The van der Waals surface area contributed by atoms with Crippen LogP contribution in [0.2, 0.25) is 0 Å². The van der Waals surface area contributed by atoms with Crippen LogP contribution in [-0.2, 0) is 17.8 Å². The Morgan fingerprint density at radius 3 is 2.74 bits per heavy atom. The first-order chi connectivity index (χ1) is 9.15. The first-order valence-electron chi connectivity index (χ1n) is 6.52. The van der Waals surface area contributed by atoms with Crippen molar-refractivity contribution in [1.82, 2.24) is 9.78 Å². The maximum atomic E-state index is 11.6. The first kappa shape index (κ1) is 13.3. The molecule has 0 bridgehead atoms. The van der Waals surface area contributed by atoms with E-state index in [1.165, 1.54) is 5.56 Å². The van der Waals surface area contributed by atoms with Gasteiger partial charge in [-0.3, -0.25) is 9.48 Å². The fourth-order valence-corrected chi connectivity index (χ4v) is 1.73.